The second-order valence-corrected chi connectivity index (χ2v) is 6.09. The summed E-state index contributed by atoms with van der Waals surface area (Å²) >= 11 is 5.95. The number of aromatic nitrogens is 2. The van der Waals surface area contributed by atoms with E-state index in [0.717, 1.165) is 5.56 Å². The van der Waals surface area contributed by atoms with Crippen LogP contribution in [0.4, 0.5) is 5.82 Å². The molecule has 1 aliphatic heterocycles. The Kier molecular flexibility index (Phi) is 3.48. The van der Waals surface area contributed by atoms with Gasteiger partial charge in [-0.3, -0.25) is 19.4 Å². The normalized spacial score (nSPS) is 17.5. The highest BCUT2D eigenvalue weighted by atomic mass is 35.5. The Bertz CT molecular complexity index is 807. The molecule has 116 valence electrons. The topological polar surface area (TPSA) is 87.1 Å². The van der Waals surface area contributed by atoms with Crippen molar-refractivity contribution in [2.75, 3.05) is 5.32 Å². The van der Waals surface area contributed by atoms with Crippen LogP contribution in [0.25, 0.3) is 0 Å². The van der Waals surface area contributed by atoms with Crippen molar-refractivity contribution in [1.29, 1.82) is 0 Å². The lowest BCUT2D eigenvalue weighted by Gasteiger charge is -2.24. The summed E-state index contributed by atoms with van der Waals surface area (Å²) in [7, 11) is 0. The summed E-state index contributed by atoms with van der Waals surface area (Å²) in [6.07, 6.45) is 0.166. The molecule has 0 fully saturated rings. The number of aromatic hydroxyl groups is 1. The van der Waals surface area contributed by atoms with Gasteiger partial charge < -0.3 is 10.4 Å². The molecule has 0 saturated heterocycles. The summed E-state index contributed by atoms with van der Waals surface area (Å²) in [6.45, 7) is 3.84. The van der Waals surface area contributed by atoms with Crippen molar-refractivity contribution >= 4 is 23.3 Å². The molecule has 0 saturated carbocycles. The molecule has 3 N–H and O–H groups in total. The summed E-state index contributed by atoms with van der Waals surface area (Å²) in [5, 5.41) is 15.3. The molecule has 0 aliphatic carbocycles. The number of fused-ring (bicyclic) bond motifs is 1. The number of hydrogen-bond acceptors (Lipinski definition) is 3. The van der Waals surface area contributed by atoms with Crippen LogP contribution in [0.5, 0.6) is 5.75 Å². The van der Waals surface area contributed by atoms with Crippen LogP contribution in [0.15, 0.2) is 23.0 Å². The van der Waals surface area contributed by atoms with Gasteiger partial charge >= 0.3 is 0 Å². The van der Waals surface area contributed by atoms with Crippen LogP contribution < -0.4 is 10.9 Å². The van der Waals surface area contributed by atoms with Crippen molar-refractivity contribution in [2.24, 2.45) is 0 Å². The van der Waals surface area contributed by atoms with E-state index in [4.69, 9.17) is 11.6 Å². The number of carbonyl (C=O) groups is 1. The molecule has 0 bridgehead atoms. The van der Waals surface area contributed by atoms with Gasteiger partial charge in [-0.2, -0.15) is 0 Å². The van der Waals surface area contributed by atoms with Crippen molar-refractivity contribution in [3.05, 3.63) is 44.7 Å². The first kappa shape index (κ1) is 14.7. The Morgan fingerprint density at radius 3 is 2.73 bits per heavy atom. The Morgan fingerprint density at radius 2 is 2.09 bits per heavy atom. The third-order valence-electron chi connectivity index (χ3n) is 3.85. The Morgan fingerprint density at radius 1 is 1.36 bits per heavy atom. The zero-order chi connectivity index (χ0) is 16.0. The predicted molar refractivity (Wildman–Crippen MR) is 83.6 cm³/mol. The number of amides is 1. The number of hydrogen-bond donors (Lipinski definition) is 3. The lowest BCUT2D eigenvalue weighted by Crippen LogP contribution is -2.27. The average molecular weight is 322 g/mol. The number of H-pyrrole nitrogens is 1. The highest BCUT2D eigenvalue weighted by Gasteiger charge is 2.33. The van der Waals surface area contributed by atoms with E-state index in [0.29, 0.717) is 11.4 Å². The van der Waals surface area contributed by atoms with Crippen LogP contribution in [0.3, 0.4) is 0 Å². The predicted octanol–water partition coefficient (Wildman–Crippen LogP) is 2.59. The second-order valence-electron chi connectivity index (χ2n) is 5.68. The second kappa shape index (κ2) is 5.21. The van der Waals surface area contributed by atoms with Crippen molar-refractivity contribution < 1.29 is 9.90 Å². The van der Waals surface area contributed by atoms with E-state index >= 15 is 0 Å². The number of halogens is 1. The molecule has 2 heterocycles. The molecule has 1 aromatic carbocycles. The fourth-order valence-electron chi connectivity index (χ4n) is 2.80. The molecule has 7 heteroatoms. The minimum Gasteiger partial charge on any atom is -0.506 e. The van der Waals surface area contributed by atoms with Gasteiger partial charge in [0, 0.05) is 18.4 Å². The molecule has 1 aromatic heterocycles. The Hall–Kier alpha value is -2.21. The first-order valence-corrected chi connectivity index (χ1v) is 7.39. The number of carbonyl (C=O) groups excluding carboxylic acids is 1. The third kappa shape index (κ3) is 2.29. The molecule has 0 spiro atoms. The molecule has 0 radical (unpaired) electrons. The van der Waals surface area contributed by atoms with Gasteiger partial charge in [0.1, 0.15) is 11.6 Å². The maximum absolute atomic E-state index is 12.3. The summed E-state index contributed by atoms with van der Waals surface area (Å²) in [6, 6.07) is 4.76. The standard InChI is InChI=1S/C15H16ClN3O3/c1-7(2)19-14-13(15(22)18-19)9(6-12(21)17-14)8-3-4-11(20)10(16)5-8/h3-5,7,9,20H,6H2,1-2H3,(H,17,21)(H,18,22)/t9-/m1/s1. The number of phenolic OH excluding ortho intramolecular Hbond substituents is 1. The number of anilines is 1. The van der Waals surface area contributed by atoms with Crippen molar-refractivity contribution in [3.63, 3.8) is 0 Å². The molecule has 22 heavy (non-hydrogen) atoms. The smallest absolute Gasteiger partial charge is 0.270 e. The lowest BCUT2D eigenvalue weighted by atomic mass is 9.87. The van der Waals surface area contributed by atoms with Gasteiger partial charge in [0.2, 0.25) is 5.91 Å². The minimum atomic E-state index is -0.384. The van der Waals surface area contributed by atoms with Crippen molar-refractivity contribution in [3.8, 4) is 5.75 Å². The maximum Gasteiger partial charge on any atom is 0.270 e. The van der Waals surface area contributed by atoms with Gasteiger partial charge in [-0.05, 0) is 31.5 Å². The molecule has 0 unspecified atom stereocenters. The van der Waals surface area contributed by atoms with Crippen LogP contribution in [0.2, 0.25) is 5.02 Å². The summed E-state index contributed by atoms with van der Waals surface area (Å²) in [5.41, 5.74) is 1.03. The third-order valence-corrected chi connectivity index (χ3v) is 4.15. The zero-order valence-electron chi connectivity index (χ0n) is 12.2. The Labute approximate surface area is 131 Å². The molecule has 1 amide bonds. The van der Waals surface area contributed by atoms with Crippen molar-refractivity contribution in [1.82, 2.24) is 9.78 Å². The van der Waals surface area contributed by atoms with E-state index in [-0.39, 0.29) is 40.6 Å². The van der Waals surface area contributed by atoms with E-state index in [1.807, 2.05) is 13.8 Å². The van der Waals surface area contributed by atoms with E-state index in [2.05, 4.69) is 10.4 Å². The zero-order valence-corrected chi connectivity index (χ0v) is 12.9. The molecular weight excluding hydrogens is 306 g/mol. The van der Waals surface area contributed by atoms with E-state index in [9.17, 15) is 14.7 Å². The Balaban J connectivity index is 2.18. The van der Waals surface area contributed by atoms with Crippen LogP contribution in [-0.2, 0) is 4.79 Å². The van der Waals surface area contributed by atoms with Crippen LogP contribution in [0, 0.1) is 0 Å². The minimum absolute atomic E-state index is 0.0129. The molecule has 1 aliphatic rings. The monoisotopic (exact) mass is 321 g/mol. The van der Waals surface area contributed by atoms with E-state index < -0.39 is 0 Å². The van der Waals surface area contributed by atoms with Crippen LogP contribution >= 0.6 is 11.6 Å². The van der Waals surface area contributed by atoms with E-state index in [1.54, 1.807) is 16.8 Å². The molecule has 3 rings (SSSR count). The largest absolute Gasteiger partial charge is 0.506 e. The van der Waals surface area contributed by atoms with Gasteiger partial charge in [-0.1, -0.05) is 17.7 Å². The van der Waals surface area contributed by atoms with Crippen LogP contribution in [-0.4, -0.2) is 20.8 Å². The fraction of sp³-hybridized carbons (Fsp3) is 0.333. The highest BCUT2D eigenvalue weighted by Crippen LogP contribution is 2.38. The van der Waals surface area contributed by atoms with Gasteiger partial charge in [0.25, 0.3) is 5.56 Å². The first-order valence-electron chi connectivity index (χ1n) is 7.01. The number of nitrogens with zero attached hydrogens (tertiary/aromatic N) is 1. The van der Waals surface area contributed by atoms with Gasteiger partial charge in [-0.25, -0.2) is 0 Å². The van der Waals surface area contributed by atoms with Crippen LogP contribution in [0.1, 0.15) is 43.4 Å². The van der Waals surface area contributed by atoms with Gasteiger partial charge in [0.05, 0.1) is 10.6 Å². The summed E-state index contributed by atoms with van der Waals surface area (Å²) in [5.74, 6) is -0.0642. The lowest BCUT2D eigenvalue weighted by molar-refractivity contribution is -0.116. The number of rotatable bonds is 2. The summed E-state index contributed by atoms with van der Waals surface area (Å²) < 4.78 is 1.66. The summed E-state index contributed by atoms with van der Waals surface area (Å²) in [4.78, 5) is 24.3. The molecule has 1 atom stereocenters. The quantitative estimate of drug-likeness (QED) is 0.794. The van der Waals surface area contributed by atoms with Gasteiger partial charge in [-0.15, -0.1) is 0 Å². The number of phenols is 1. The highest BCUT2D eigenvalue weighted by molar-refractivity contribution is 6.32. The molecule has 2 aromatic rings. The molecule has 6 nitrogen and oxygen atoms in total. The number of benzene rings is 1. The maximum atomic E-state index is 12.3. The van der Waals surface area contributed by atoms with Gasteiger partial charge in [0.15, 0.2) is 0 Å². The average Bonchev–Trinajstić information content (AvgIpc) is 2.78. The van der Waals surface area contributed by atoms with Crippen molar-refractivity contribution in [2.45, 2.75) is 32.2 Å². The number of nitrogens with one attached hydrogen (secondary N) is 2. The molecular formula is C15H16ClN3O3. The number of aromatic amines is 1. The van der Waals surface area contributed by atoms with E-state index in [1.165, 1.54) is 6.07 Å². The fourth-order valence-corrected chi connectivity index (χ4v) is 2.98. The first-order chi connectivity index (χ1) is 10.4. The SMILES string of the molecule is CC(C)n1[nH]c(=O)c2c1NC(=O)C[C@@H]2c1ccc(O)c(Cl)c1.